The van der Waals surface area contributed by atoms with Gasteiger partial charge in [0.05, 0.1) is 24.3 Å². The number of imidazole rings is 1. The van der Waals surface area contributed by atoms with Crippen molar-refractivity contribution in [2.75, 3.05) is 41.7 Å². The van der Waals surface area contributed by atoms with E-state index in [9.17, 15) is 5.11 Å². The highest BCUT2D eigenvalue weighted by molar-refractivity contribution is 5.86. The number of rotatable bonds is 6. The van der Waals surface area contributed by atoms with Gasteiger partial charge in [0, 0.05) is 43.7 Å². The molecule has 2 aliphatic carbocycles. The predicted molar refractivity (Wildman–Crippen MR) is 135 cm³/mol. The molecule has 2 aliphatic heterocycles. The molecule has 3 aromatic rings. The molecule has 4 N–H and O–H groups in total. The molecule has 4 fully saturated rings. The van der Waals surface area contributed by atoms with Crippen LogP contribution in [-0.2, 0) is 0 Å². The number of hydrogen-bond acceptors (Lipinski definition) is 9. The number of anilines is 4. The van der Waals surface area contributed by atoms with Crippen LogP contribution < -0.4 is 20.9 Å². The van der Waals surface area contributed by atoms with E-state index >= 15 is 0 Å². The summed E-state index contributed by atoms with van der Waals surface area (Å²) in [7, 11) is 0. The Bertz CT molecular complexity index is 1210. The summed E-state index contributed by atoms with van der Waals surface area (Å²) in [4.78, 5) is 21.5. The molecular weight excluding hydrogens is 442 g/mol. The number of aliphatic hydroxyl groups is 1. The van der Waals surface area contributed by atoms with Crippen molar-refractivity contribution in [3.05, 3.63) is 24.7 Å². The molecule has 4 aliphatic rings. The average molecular weight is 476 g/mol. The minimum absolute atomic E-state index is 0.185. The van der Waals surface area contributed by atoms with E-state index < -0.39 is 0 Å². The Morgan fingerprint density at radius 1 is 1.03 bits per heavy atom. The molecule has 2 atom stereocenters. The number of nitrogens with one attached hydrogen (secondary N) is 3. The van der Waals surface area contributed by atoms with Gasteiger partial charge in [-0.25, -0.2) is 9.97 Å². The van der Waals surface area contributed by atoms with Gasteiger partial charge in [-0.2, -0.15) is 9.97 Å². The van der Waals surface area contributed by atoms with Crippen LogP contribution in [0.1, 0.15) is 51.0 Å². The van der Waals surface area contributed by atoms with Crippen molar-refractivity contribution in [2.45, 2.75) is 63.1 Å². The summed E-state index contributed by atoms with van der Waals surface area (Å²) >= 11 is 0. The summed E-state index contributed by atoms with van der Waals surface area (Å²) in [5.74, 6) is 2.29. The zero-order valence-corrected chi connectivity index (χ0v) is 20.0. The minimum Gasteiger partial charge on any atom is -0.393 e. The Morgan fingerprint density at radius 3 is 2.57 bits per heavy atom. The maximum Gasteiger partial charge on any atom is 0.227 e. The fourth-order valence-electron chi connectivity index (χ4n) is 6.20. The van der Waals surface area contributed by atoms with Crippen LogP contribution >= 0.6 is 0 Å². The first kappa shape index (κ1) is 21.3. The molecule has 0 aromatic carbocycles. The second-order valence-electron chi connectivity index (χ2n) is 11.0. The van der Waals surface area contributed by atoms with Gasteiger partial charge in [0.2, 0.25) is 5.95 Å². The lowest BCUT2D eigenvalue weighted by atomic mass is 9.74. The predicted octanol–water partition coefficient (Wildman–Crippen LogP) is 2.81. The van der Waals surface area contributed by atoms with Crippen LogP contribution in [0, 0.1) is 5.41 Å². The number of aliphatic hydroxyl groups excluding tert-OH is 1. The molecule has 3 aromatic heterocycles. The van der Waals surface area contributed by atoms with E-state index in [0.717, 1.165) is 81.0 Å². The van der Waals surface area contributed by atoms with Crippen LogP contribution in [0.4, 0.5) is 23.3 Å². The number of nitrogens with zero attached hydrogens (tertiary/aromatic N) is 6. The van der Waals surface area contributed by atoms with Gasteiger partial charge in [0.15, 0.2) is 17.0 Å². The van der Waals surface area contributed by atoms with E-state index in [0.29, 0.717) is 23.2 Å². The lowest BCUT2D eigenvalue weighted by molar-refractivity contribution is 0.120. The molecule has 10 nitrogen and oxygen atoms in total. The Hall–Kier alpha value is -2.98. The second-order valence-corrected chi connectivity index (χ2v) is 11.0. The first-order chi connectivity index (χ1) is 17.1. The van der Waals surface area contributed by atoms with Crippen molar-refractivity contribution < 1.29 is 5.11 Å². The Morgan fingerprint density at radius 2 is 1.89 bits per heavy atom. The van der Waals surface area contributed by atoms with E-state index in [1.807, 2.05) is 12.5 Å². The largest absolute Gasteiger partial charge is 0.393 e. The SMILES string of the molecule is OC1CCC(Nc2nc(Nc3ccc(N4CC5(CNC5)C4)nc3)c3ncn(C4CCCC4)c3n2)C1. The van der Waals surface area contributed by atoms with Gasteiger partial charge in [-0.05, 0) is 44.2 Å². The standard InChI is InChI=1S/C25H33N9O/c35-19-7-5-16(9-19)30-24-31-22(21-23(32-24)34(15-28-21)18-3-1-2-4-18)29-17-6-8-20(27-10-17)33-13-25(14-33)11-26-12-25/h6,8,10,15-16,18-19,26,35H,1-5,7,9,11-14H2,(H2,29,30,31,32). The summed E-state index contributed by atoms with van der Waals surface area (Å²) in [5.41, 5.74) is 2.99. The highest BCUT2D eigenvalue weighted by Gasteiger charge is 2.47. The lowest BCUT2D eigenvalue weighted by Gasteiger charge is -2.56. The number of pyridine rings is 1. The normalized spacial score (nSPS) is 25.7. The second kappa shape index (κ2) is 8.30. The molecule has 0 bridgehead atoms. The highest BCUT2D eigenvalue weighted by Crippen LogP contribution is 2.37. The number of hydrogen-bond donors (Lipinski definition) is 4. The molecule has 35 heavy (non-hydrogen) atoms. The summed E-state index contributed by atoms with van der Waals surface area (Å²) in [6, 6.07) is 4.77. The van der Waals surface area contributed by atoms with Crippen molar-refractivity contribution in [1.29, 1.82) is 0 Å². The topological polar surface area (TPSA) is 116 Å². The van der Waals surface area contributed by atoms with Gasteiger partial charge in [-0.1, -0.05) is 12.8 Å². The van der Waals surface area contributed by atoms with E-state index in [1.165, 1.54) is 12.8 Å². The van der Waals surface area contributed by atoms with Crippen molar-refractivity contribution in [3.8, 4) is 0 Å². The molecule has 0 amide bonds. The Kier molecular flexibility index (Phi) is 5.06. The summed E-state index contributed by atoms with van der Waals surface area (Å²) in [5, 5.41) is 20.3. The monoisotopic (exact) mass is 475 g/mol. The third-order valence-electron chi connectivity index (χ3n) is 8.26. The smallest absolute Gasteiger partial charge is 0.227 e. The van der Waals surface area contributed by atoms with Crippen LogP contribution in [-0.4, -0.2) is 67.9 Å². The fourth-order valence-corrected chi connectivity index (χ4v) is 6.20. The van der Waals surface area contributed by atoms with Crippen LogP contribution in [0.5, 0.6) is 0 Å². The van der Waals surface area contributed by atoms with Gasteiger partial charge in [-0.3, -0.25) is 0 Å². The molecule has 10 heteroatoms. The molecule has 184 valence electrons. The molecule has 7 rings (SSSR count). The van der Waals surface area contributed by atoms with E-state index in [2.05, 4.69) is 37.6 Å². The third-order valence-corrected chi connectivity index (χ3v) is 8.26. The van der Waals surface area contributed by atoms with Crippen molar-refractivity contribution in [2.24, 2.45) is 5.41 Å². The summed E-state index contributed by atoms with van der Waals surface area (Å²) in [6.45, 7) is 4.40. The molecular formula is C25H33N9O. The first-order valence-corrected chi connectivity index (χ1v) is 13.0. The van der Waals surface area contributed by atoms with Crippen molar-refractivity contribution >= 4 is 34.4 Å². The van der Waals surface area contributed by atoms with E-state index in [-0.39, 0.29) is 12.1 Å². The maximum absolute atomic E-state index is 9.96. The van der Waals surface area contributed by atoms with Crippen molar-refractivity contribution in [3.63, 3.8) is 0 Å². The Balaban J connectivity index is 1.16. The minimum atomic E-state index is -0.246. The molecule has 2 saturated carbocycles. The quantitative estimate of drug-likeness (QED) is 0.427. The van der Waals surface area contributed by atoms with Gasteiger partial charge < -0.3 is 30.5 Å². The van der Waals surface area contributed by atoms with Crippen LogP contribution in [0.3, 0.4) is 0 Å². The van der Waals surface area contributed by atoms with Gasteiger partial charge >= 0.3 is 0 Å². The lowest BCUT2D eigenvalue weighted by Crippen LogP contribution is -2.71. The van der Waals surface area contributed by atoms with Crippen molar-refractivity contribution in [1.82, 2.24) is 29.8 Å². The molecule has 0 radical (unpaired) electrons. The van der Waals surface area contributed by atoms with Crippen LogP contribution in [0.25, 0.3) is 11.2 Å². The van der Waals surface area contributed by atoms with Crippen LogP contribution in [0.2, 0.25) is 0 Å². The molecule has 5 heterocycles. The Labute approximate surface area is 204 Å². The van der Waals surface area contributed by atoms with Gasteiger partial charge in [0.25, 0.3) is 0 Å². The number of aromatic nitrogens is 5. The maximum atomic E-state index is 9.96. The van der Waals surface area contributed by atoms with Crippen LogP contribution in [0.15, 0.2) is 24.7 Å². The van der Waals surface area contributed by atoms with E-state index in [4.69, 9.17) is 19.9 Å². The first-order valence-electron chi connectivity index (χ1n) is 13.0. The molecule has 2 saturated heterocycles. The van der Waals surface area contributed by atoms with E-state index in [1.54, 1.807) is 0 Å². The summed E-state index contributed by atoms with van der Waals surface area (Å²) in [6.07, 6.45) is 10.8. The highest BCUT2D eigenvalue weighted by atomic mass is 16.3. The molecule has 1 spiro atoms. The molecule has 2 unspecified atom stereocenters. The zero-order chi connectivity index (χ0) is 23.4. The number of fused-ring (bicyclic) bond motifs is 1. The summed E-state index contributed by atoms with van der Waals surface area (Å²) < 4.78 is 2.22. The zero-order valence-electron chi connectivity index (χ0n) is 20.0. The van der Waals surface area contributed by atoms with Gasteiger partial charge in [0.1, 0.15) is 5.82 Å². The third kappa shape index (κ3) is 3.88. The van der Waals surface area contributed by atoms with Gasteiger partial charge in [-0.15, -0.1) is 0 Å². The fraction of sp³-hybridized carbons (Fsp3) is 0.600. The average Bonchev–Trinajstić information content (AvgIpc) is 3.54.